The molecule has 0 spiro atoms. The molecule has 1 aromatic rings. The third-order valence-corrected chi connectivity index (χ3v) is 4.78. The van der Waals surface area contributed by atoms with Crippen LogP contribution >= 0.6 is 11.3 Å². The highest BCUT2D eigenvalue weighted by atomic mass is 32.1. The quantitative estimate of drug-likeness (QED) is 0.786. The van der Waals surface area contributed by atoms with Crippen LogP contribution < -0.4 is 5.32 Å². The number of nitrogens with zero attached hydrogens (tertiary/aromatic N) is 2. The summed E-state index contributed by atoms with van der Waals surface area (Å²) in [5.41, 5.74) is 1.20. The van der Waals surface area contributed by atoms with Crippen molar-refractivity contribution in [2.24, 2.45) is 0 Å². The fourth-order valence-electron chi connectivity index (χ4n) is 2.58. The predicted octanol–water partition coefficient (Wildman–Crippen LogP) is 3.03. The van der Waals surface area contributed by atoms with E-state index in [9.17, 15) is 0 Å². The van der Waals surface area contributed by atoms with Gasteiger partial charge in [0, 0.05) is 30.1 Å². The molecular weight excluding hydrogens is 282 g/mol. The largest absolute Gasteiger partial charge is 0.375 e. The Morgan fingerprint density at radius 3 is 2.95 bits per heavy atom. The SMILES string of the molecule is CN1CCCC1CCOCc1csc(CNC(C)(C)C)n1. The molecule has 1 atom stereocenters. The summed E-state index contributed by atoms with van der Waals surface area (Å²) in [5.74, 6) is 0. The maximum atomic E-state index is 5.79. The predicted molar refractivity (Wildman–Crippen MR) is 88.6 cm³/mol. The van der Waals surface area contributed by atoms with E-state index in [4.69, 9.17) is 4.74 Å². The summed E-state index contributed by atoms with van der Waals surface area (Å²) in [4.78, 5) is 7.07. The monoisotopic (exact) mass is 311 g/mol. The Hall–Kier alpha value is -0.490. The number of thiazole rings is 1. The van der Waals surface area contributed by atoms with E-state index >= 15 is 0 Å². The lowest BCUT2D eigenvalue weighted by Crippen LogP contribution is -2.35. The number of hydrogen-bond acceptors (Lipinski definition) is 5. The molecule has 0 bridgehead atoms. The molecule has 2 heterocycles. The molecule has 0 saturated carbocycles. The van der Waals surface area contributed by atoms with Crippen molar-refractivity contribution in [2.75, 3.05) is 20.2 Å². The Morgan fingerprint density at radius 2 is 2.29 bits per heavy atom. The van der Waals surface area contributed by atoms with Crippen molar-refractivity contribution in [1.82, 2.24) is 15.2 Å². The first-order valence-electron chi connectivity index (χ1n) is 7.90. The third kappa shape index (κ3) is 6.02. The lowest BCUT2D eigenvalue weighted by Gasteiger charge is -2.19. The molecule has 1 aliphatic heterocycles. The molecule has 0 aromatic carbocycles. The maximum Gasteiger partial charge on any atom is 0.107 e. The number of rotatable bonds is 7. The number of likely N-dealkylation sites (tertiary alicyclic amines) is 1. The minimum Gasteiger partial charge on any atom is -0.375 e. The standard InChI is InChI=1S/C16H29N3OS/c1-16(2,3)17-10-15-18-13(12-21-15)11-20-9-7-14-6-5-8-19(14)4/h12,14,17H,5-11H2,1-4H3. The molecule has 1 aliphatic rings. The van der Waals surface area contributed by atoms with Gasteiger partial charge in [-0.05, 0) is 53.6 Å². The van der Waals surface area contributed by atoms with Gasteiger partial charge in [-0.3, -0.25) is 0 Å². The van der Waals surface area contributed by atoms with E-state index in [1.807, 2.05) is 0 Å². The first kappa shape index (κ1) is 16.9. The van der Waals surface area contributed by atoms with Crippen LogP contribution in [0.4, 0.5) is 0 Å². The molecule has 0 amide bonds. The van der Waals surface area contributed by atoms with Crippen LogP contribution in [0.25, 0.3) is 0 Å². The molecule has 0 aliphatic carbocycles. The third-order valence-electron chi connectivity index (χ3n) is 3.89. The second kappa shape index (κ2) is 7.68. The van der Waals surface area contributed by atoms with Gasteiger partial charge in [-0.25, -0.2) is 4.98 Å². The summed E-state index contributed by atoms with van der Waals surface area (Å²) >= 11 is 1.71. The van der Waals surface area contributed by atoms with Crippen LogP contribution in [0, 0.1) is 0 Å². The normalized spacial score (nSPS) is 20.3. The van der Waals surface area contributed by atoms with Crippen LogP contribution in [0.15, 0.2) is 5.38 Å². The molecular formula is C16H29N3OS. The average Bonchev–Trinajstić information content (AvgIpc) is 3.01. The van der Waals surface area contributed by atoms with Gasteiger partial charge < -0.3 is 15.0 Å². The number of nitrogens with one attached hydrogen (secondary N) is 1. The van der Waals surface area contributed by atoms with Gasteiger partial charge >= 0.3 is 0 Å². The van der Waals surface area contributed by atoms with Gasteiger partial charge in [0.05, 0.1) is 12.3 Å². The summed E-state index contributed by atoms with van der Waals surface area (Å²) in [7, 11) is 2.21. The molecule has 2 rings (SSSR count). The van der Waals surface area contributed by atoms with Crippen molar-refractivity contribution in [3.05, 3.63) is 16.1 Å². The Morgan fingerprint density at radius 1 is 1.48 bits per heavy atom. The van der Waals surface area contributed by atoms with Crippen LogP contribution in [0.5, 0.6) is 0 Å². The van der Waals surface area contributed by atoms with Gasteiger partial charge in [0.15, 0.2) is 0 Å². The lowest BCUT2D eigenvalue weighted by molar-refractivity contribution is 0.0995. The van der Waals surface area contributed by atoms with Crippen molar-refractivity contribution in [3.8, 4) is 0 Å². The molecule has 1 saturated heterocycles. The van der Waals surface area contributed by atoms with E-state index in [1.165, 1.54) is 19.4 Å². The lowest BCUT2D eigenvalue weighted by atomic mass is 10.1. The van der Waals surface area contributed by atoms with Crippen LogP contribution in [-0.4, -0.2) is 41.7 Å². The Kier molecular flexibility index (Phi) is 6.17. The van der Waals surface area contributed by atoms with Crippen molar-refractivity contribution in [2.45, 2.75) is 64.8 Å². The molecule has 21 heavy (non-hydrogen) atoms. The van der Waals surface area contributed by atoms with E-state index in [0.29, 0.717) is 12.6 Å². The minimum absolute atomic E-state index is 0.135. The number of aromatic nitrogens is 1. The zero-order valence-corrected chi connectivity index (χ0v) is 14.6. The minimum atomic E-state index is 0.135. The molecule has 4 nitrogen and oxygen atoms in total. The fraction of sp³-hybridized carbons (Fsp3) is 0.812. The van der Waals surface area contributed by atoms with Crippen LogP contribution in [-0.2, 0) is 17.9 Å². The van der Waals surface area contributed by atoms with Gasteiger partial charge in [0.2, 0.25) is 0 Å². The highest BCUT2D eigenvalue weighted by Crippen LogP contribution is 2.18. The van der Waals surface area contributed by atoms with Gasteiger partial charge in [-0.15, -0.1) is 11.3 Å². The maximum absolute atomic E-state index is 5.79. The van der Waals surface area contributed by atoms with E-state index < -0.39 is 0 Å². The second-order valence-electron chi connectivity index (χ2n) is 6.95. The smallest absolute Gasteiger partial charge is 0.107 e. The topological polar surface area (TPSA) is 37.4 Å². The van der Waals surface area contributed by atoms with Crippen molar-refractivity contribution in [1.29, 1.82) is 0 Å². The van der Waals surface area contributed by atoms with E-state index in [2.05, 4.69) is 48.4 Å². The van der Waals surface area contributed by atoms with E-state index in [-0.39, 0.29) is 5.54 Å². The van der Waals surface area contributed by atoms with Crippen molar-refractivity contribution >= 4 is 11.3 Å². The van der Waals surface area contributed by atoms with Crippen molar-refractivity contribution in [3.63, 3.8) is 0 Å². The van der Waals surface area contributed by atoms with E-state index in [0.717, 1.165) is 30.3 Å². The Bertz CT molecular complexity index is 427. The first-order chi connectivity index (χ1) is 9.94. The average molecular weight is 311 g/mol. The number of hydrogen-bond donors (Lipinski definition) is 1. The van der Waals surface area contributed by atoms with Crippen LogP contribution in [0.3, 0.4) is 0 Å². The Labute approximate surface area is 132 Å². The van der Waals surface area contributed by atoms with Crippen LogP contribution in [0.1, 0.15) is 50.7 Å². The van der Waals surface area contributed by atoms with Gasteiger partial charge in [0.1, 0.15) is 5.01 Å². The molecule has 1 fully saturated rings. The zero-order chi connectivity index (χ0) is 15.3. The van der Waals surface area contributed by atoms with Gasteiger partial charge in [-0.1, -0.05) is 0 Å². The molecule has 120 valence electrons. The van der Waals surface area contributed by atoms with Crippen LogP contribution in [0.2, 0.25) is 0 Å². The fourth-order valence-corrected chi connectivity index (χ4v) is 3.30. The van der Waals surface area contributed by atoms with Gasteiger partial charge in [0.25, 0.3) is 0 Å². The highest BCUT2D eigenvalue weighted by molar-refractivity contribution is 7.09. The summed E-state index contributed by atoms with van der Waals surface area (Å²) in [5, 5.41) is 6.71. The second-order valence-corrected chi connectivity index (χ2v) is 7.90. The van der Waals surface area contributed by atoms with E-state index in [1.54, 1.807) is 11.3 Å². The molecule has 0 radical (unpaired) electrons. The van der Waals surface area contributed by atoms with Crippen molar-refractivity contribution < 1.29 is 4.74 Å². The summed E-state index contributed by atoms with van der Waals surface area (Å²) in [6, 6.07) is 0.715. The first-order valence-corrected chi connectivity index (χ1v) is 8.78. The molecule has 5 heteroatoms. The summed E-state index contributed by atoms with van der Waals surface area (Å²) in [6.07, 6.45) is 3.79. The molecule has 1 unspecified atom stereocenters. The summed E-state index contributed by atoms with van der Waals surface area (Å²) in [6.45, 7) is 10.1. The molecule has 1 N–H and O–H groups in total. The highest BCUT2D eigenvalue weighted by Gasteiger charge is 2.20. The van der Waals surface area contributed by atoms with Gasteiger partial charge in [-0.2, -0.15) is 0 Å². The zero-order valence-electron chi connectivity index (χ0n) is 13.8. The Balaban J connectivity index is 1.63. The summed E-state index contributed by atoms with van der Waals surface area (Å²) < 4.78 is 5.79. The number of ether oxygens (including phenoxy) is 1. The molecule has 1 aromatic heterocycles.